The van der Waals surface area contributed by atoms with Gasteiger partial charge in [-0.05, 0) is 74.2 Å². The first-order valence-electron chi connectivity index (χ1n) is 13.4. The van der Waals surface area contributed by atoms with Crippen molar-refractivity contribution >= 4 is 17.4 Å². The van der Waals surface area contributed by atoms with Crippen molar-refractivity contribution in [3.05, 3.63) is 58.0 Å². The zero-order chi connectivity index (χ0) is 36.7. The maximum atomic E-state index is 12.5. The molecule has 4 aliphatic rings. The number of hydrogen-bond donors (Lipinski definition) is 4. The number of ketones is 1. The average Bonchev–Trinajstić information content (AvgIpc) is 3.38. The molecule has 0 bridgehead atoms. The summed E-state index contributed by atoms with van der Waals surface area (Å²) in [7, 11) is 0. The molecule has 4 N–H and O–H groups in total. The predicted octanol–water partition coefficient (Wildman–Crippen LogP) is 1.06. The van der Waals surface area contributed by atoms with E-state index in [1.807, 2.05) is 13.0 Å². The van der Waals surface area contributed by atoms with E-state index in [1.165, 1.54) is 5.57 Å². The Hall–Kier alpha value is -2.76. The molecule has 4 rings (SSSR count). The van der Waals surface area contributed by atoms with Gasteiger partial charge in [-0.3, -0.25) is 9.59 Å². The van der Waals surface area contributed by atoms with Gasteiger partial charge in [-0.1, -0.05) is 24.6 Å². The summed E-state index contributed by atoms with van der Waals surface area (Å²) < 4.78 is 45.0. The molecule has 0 aromatic rings. The molecule has 14 nitrogen and oxygen atoms in total. The first kappa shape index (κ1) is 54.7. The number of nitrogens with one attached hydrogen (secondary N) is 1. The van der Waals surface area contributed by atoms with Gasteiger partial charge < -0.3 is 37.8 Å². The Labute approximate surface area is 301 Å². The standard InChI is InChI=1S/C26H35N2O6.6CO.2Co/c1-4-11-27-22(32)15-34-28-17-7-9-24(2)16(12-17)5-6-18-19-8-10-26(33,21(31)14-29)25(19,3)13-20(30)23(18)24;6*1-2;;/h12,18-20,23,29-30,33H,5-11,13-15H2,2-3H3,(H,27,32);;;;;;;;/q-1;;;;;;;;/b28-17+;;;;;;;;/t18-,19-,20-,23+,24-,25-,26+;;;;;;;;/m0......../s1. The van der Waals surface area contributed by atoms with E-state index in [4.69, 9.17) is 39.2 Å². The van der Waals surface area contributed by atoms with E-state index in [0.29, 0.717) is 19.3 Å². The number of fused-ring (bicyclic) bond motifs is 5. The molecule has 3 saturated carbocycles. The summed E-state index contributed by atoms with van der Waals surface area (Å²) in [5, 5.41) is 38.8. The summed E-state index contributed by atoms with van der Waals surface area (Å²) in [6, 6.07) is 0. The second kappa shape index (κ2) is 28.1. The summed E-state index contributed by atoms with van der Waals surface area (Å²) in [5.41, 5.74) is -0.524. The van der Waals surface area contributed by atoms with Crippen LogP contribution in [-0.2, 0) is 75.9 Å². The van der Waals surface area contributed by atoms with Crippen LogP contribution in [0.3, 0.4) is 0 Å². The fourth-order valence-corrected chi connectivity index (χ4v) is 7.73. The second-order valence-electron chi connectivity index (χ2n) is 10.9. The van der Waals surface area contributed by atoms with Crippen LogP contribution in [0.2, 0.25) is 0 Å². The topological polar surface area (TPSA) is 248 Å². The molecular weight excluding hydrogens is 722 g/mol. The Balaban J connectivity index is -0.000000398. The Kier molecular flexibility index (Phi) is 32.0. The fourth-order valence-electron chi connectivity index (χ4n) is 7.73. The molecule has 0 unspecified atom stereocenters. The second-order valence-corrected chi connectivity index (χ2v) is 10.9. The summed E-state index contributed by atoms with van der Waals surface area (Å²) >= 11 is 0. The van der Waals surface area contributed by atoms with Crippen molar-refractivity contribution in [2.45, 2.75) is 70.5 Å². The van der Waals surface area contributed by atoms with Crippen LogP contribution in [0.25, 0.3) is 0 Å². The molecule has 0 spiro atoms. The van der Waals surface area contributed by atoms with Crippen molar-refractivity contribution < 1.29 is 91.2 Å². The van der Waals surface area contributed by atoms with E-state index >= 15 is 0 Å². The molecule has 7 atom stereocenters. The third-order valence-corrected chi connectivity index (χ3v) is 9.42. The monoisotopic (exact) mass is 757 g/mol. The Bertz CT molecular complexity index is 1190. The van der Waals surface area contributed by atoms with Crippen molar-refractivity contribution in [1.82, 2.24) is 5.32 Å². The van der Waals surface area contributed by atoms with Crippen LogP contribution in [0.1, 0.15) is 58.8 Å². The van der Waals surface area contributed by atoms with Crippen LogP contribution < -0.4 is 5.32 Å². The summed E-state index contributed by atoms with van der Waals surface area (Å²) in [6.45, 7) is 30.3. The van der Waals surface area contributed by atoms with E-state index < -0.39 is 29.5 Å². The molecule has 264 valence electrons. The van der Waals surface area contributed by atoms with E-state index in [9.17, 15) is 24.9 Å². The van der Waals surface area contributed by atoms with Gasteiger partial charge in [-0.25, -0.2) is 0 Å². The van der Waals surface area contributed by atoms with E-state index in [2.05, 4.69) is 63.2 Å². The number of hydrogen-bond acceptors (Lipinski definition) is 7. The number of carbonyl (C=O) groups excluding carboxylic acids is 2. The minimum absolute atomic E-state index is 0. The number of amides is 1. The van der Waals surface area contributed by atoms with Gasteiger partial charge in [-0.15, -0.1) is 0 Å². The normalized spacial score (nSPS) is 30.0. The SMILES string of the molecule is [C-]#CCNC(=O)CO/N=C1/C=C2CC[C@@H]3[C@H]([C@@H](O)C[C@@]4(C)[C@H]3CC[C@@]4(O)C(=O)CO)[C@@]2(C)CC1.[C-]#[O+].[C-]#[O+].[C-]#[O+].[C-]#[O+].[C-]#[O+].[C-]#[O+].[Co].[Co]. The summed E-state index contributed by atoms with van der Waals surface area (Å²) in [6.07, 6.45) is 12.8. The number of allylic oxidation sites excluding steroid dienone is 2. The van der Waals surface area contributed by atoms with Crippen molar-refractivity contribution in [3.63, 3.8) is 0 Å². The maximum absolute atomic E-state index is 12.5. The van der Waals surface area contributed by atoms with Gasteiger partial charge in [0.25, 0.3) is 5.91 Å². The predicted molar refractivity (Wildman–Crippen MR) is 147 cm³/mol. The zero-order valence-corrected chi connectivity index (χ0v) is 28.2. The number of Topliss-reactive ketones (excluding diaryl/α,β-unsaturated/α-hetero) is 1. The Morgan fingerprint density at radius 1 is 0.979 bits per heavy atom. The quantitative estimate of drug-likeness (QED) is 0.133. The molecule has 1 amide bonds. The molecule has 0 saturated heterocycles. The third-order valence-electron chi connectivity index (χ3n) is 9.42. The van der Waals surface area contributed by atoms with Crippen LogP contribution in [0.5, 0.6) is 0 Å². The number of nitrogens with zero attached hydrogens (tertiary/aromatic N) is 1. The van der Waals surface area contributed by atoms with Gasteiger partial charge >= 0.3 is 67.8 Å². The van der Waals surface area contributed by atoms with Crippen LogP contribution in [-0.4, -0.2) is 64.2 Å². The van der Waals surface area contributed by atoms with Gasteiger partial charge in [0, 0.05) is 45.5 Å². The largest absolute Gasteiger partial charge is 0 e. The smallest absolute Gasteiger partial charge is 0 e. The molecular formula is C32H35Co2N2O12-. The first-order chi connectivity index (χ1) is 22.1. The molecule has 0 aromatic carbocycles. The number of aliphatic hydroxyl groups is 3. The molecule has 48 heavy (non-hydrogen) atoms. The van der Waals surface area contributed by atoms with Crippen LogP contribution in [0, 0.1) is 80.8 Å². The number of oxime groups is 1. The Morgan fingerprint density at radius 2 is 1.52 bits per heavy atom. The maximum Gasteiger partial charge on any atom is 0 e. The molecule has 3 fully saturated rings. The molecule has 16 heteroatoms. The van der Waals surface area contributed by atoms with Crippen molar-refractivity contribution in [2.75, 3.05) is 19.8 Å². The van der Waals surface area contributed by atoms with Gasteiger partial charge in [0.05, 0.1) is 11.8 Å². The van der Waals surface area contributed by atoms with Gasteiger partial charge in [0.1, 0.15) is 12.2 Å². The summed E-state index contributed by atoms with van der Waals surface area (Å²) in [5.74, 6) is 1.54. The minimum atomic E-state index is -1.58. The van der Waals surface area contributed by atoms with Crippen molar-refractivity contribution in [1.29, 1.82) is 0 Å². The van der Waals surface area contributed by atoms with Crippen LogP contribution in [0.15, 0.2) is 16.8 Å². The third kappa shape index (κ3) is 12.0. The van der Waals surface area contributed by atoms with E-state index in [0.717, 1.165) is 31.4 Å². The summed E-state index contributed by atoms with van der Waals surface area (Å²) in [4.78, 5) is 29.3. The van der Waals surface area contributed by atoms with Crippen LogP contribution in [0.4, 0.5) is 0 Å². The van der Waals surface area contributed by atoms with Gasteiger partial charge in [0.2, 0.25) is 0 Å². The Morgan fingerprint density at radius 3 is 2.02 bits per heavy atom. The van der Waals surface area contributed by atoms with Crippen molar-refractivity contribution in [2.24, 2.45) is 33.7 Å². The van der Waals surface area contributed by atoms with Gasteiger partial charge in [0.15, 0.2) is 12.4 Å². The molecule has 0 heterocycles. The number of aliphatic hydroxyl groups excluding tert-OH is 2. The fraction of sp³-hybridized carbons (Fsp3) is 0.594. The molecule has 0 aliphatic heterocycles. The number of carbonyl (C=O) groups is 2. The molecule has 0 aromatic heterocycles. The van der Waals surface area contributed by atoms with Gasteiger partial charge in [-0.2, -0.15) is 0 Å². The molecule has 4 aliphatic carbocycles. The zero-order valence-electron chi connectivity index (χ0n) is 26.1. The number of rotatable bonds is 6. The average molecular weight is 758 g/mol. The minimum Gasteiger partial charge on any atom is 0 e. The first-order valence-corrected chi connectivity index (χ1v) is 13.4. The van der Waals surface area contributed by atoms with E-state index in [-0.39, 0.29) is 75.8 Å². The van der Waals surface area contributed by atoms with Crippen LogP contribution >= 0.6 is 0 Å². The van der Waals surface area contributed by atoms with Crippen molar-refractivity contribution in [3.8, 4) is 5.92 Å². The van der Waals surface area contributed by atoms with E-state index in [1.54, 1.807) is 0 Å². The molecule has 2 radical (unpaired) electrons.